The fraction of sp³-hybridized carbons (Fsp3) is 0.467. The lowest BCUT2D eigenvalue weighted by Crippen LogP contribution is -2.19. The van der Waals surface area contributed by atoms with Gasteiger partial charge >= 0.3 is 0 Å². The number of Topliss-reactive ketones (excluding diaryl/α,β-unsaturated/α-hetero) is 2. The van der Waals surface area contributed by atoms with Crippen molar-refractivity contribution >= 4 is 11.6 Å². The third-order valence-corrected chi connectivity index (χ3v) is 3.57. The zero-order valence-electron chi connectivity index (χ0n) is 10.3. The molecule has 3 heteroatoms. The third-order valence-electron chi connectivity index (χ3n) is 3.57. The van der Waals surface area contributed by atoms with Crippen molar-refractivity contribution < 1.29 is 14.0 Å². The van der Waals surface area contributed by atoms with E-state index in [0.717, 1.165) is 19.3 Å². The second kappa shape index (κ2) is 5.89. The van der Waals surface area contributed by atoms with Crippen LogP contribution in [-0.2, 0) is 4.79 Å². The van der Waals surface area contributed by atoms with Gasteiger partial charge in [0.2, 0.25) is 0 Å². The molecule has 0 unspecified atom stereocenters. The Morgan fingerprint density at radius 1 is 1.22 bits per heavy atom. The molecule has 18 heavy (non-hydrogen) atoms. The molecule has 1 aromatic carbocycles. The van der Waals surface area contributed by atoms with Crippen molar-refractivity contribution in [2.24, 2.45) is 5.92 Å². The van der Waals surface area contributed by atoms with E-state index in [0.29, 0.717) is 30.6 Å². The zero-order chi connectivity index (χ0) is 13.0. The quantitative estimate of drug-likeness (QED) is 0.764. The molecule has 0 spiro atoms. The summed E-state index contributed by atoms with van der Waals surface area (Å²) in [4.78, 5) is 23.5. The van der Waals surface area contributed by atoms with E-state index >= 15 is 0 Å². The molecule has 2 rings (SSSR count). The van der Waals surface area contributed by atoms with E-state index in [4.69, 9.17) is 0 Å². The first-order valence-corrected chi connectivity index (χ1v) is 6.48. The second-order valence-corrected chi connectivity index (χ2v) is 4.88. The van der Waals surface area contributed by atoms with E-state index in [1.165, 1.54) is 24.3 Å². The van der Waals surface area contributed by atoms with Crippen molar-refractivity contribution in [2.75, 3.05) is 0 Å². The molecule has 1 aliphatic rings. The van der Waals surface area contributed by atoms with Crippen LogP contribution in [-0.4, -0.2) is 11.6 Å². The van der Waals surface area contributed by atoms with Gasteiger partial charge in [-0.3, -0.25) is 9.59 Å². The molecule has 1 aromatic rings. The highest BCUT2D eigenvalue weighted by atomic mass is 19.1. The van der Waals surface area contributed by atoms with E-state index in [9.17, 15) is 14.0 Å². The summed E-state index contributed by atoms with van der Waals surface area (Å²) in [5.41, 5.74) is 0.527. The molecule has 2 nitrogen and oxygen atoms in total. The van der Waals surface area contributed by atoms with Crippen LogP contribution in [0.5, 0.6) is 0 Å². The lowest BCUT2D eigenvalue weighted by atomic mass is 9.84. The van der Waals surface area contributed by atoms with Crippen LogP contribution in [0.25, 0.3) is 0 Å². The molecule has 0 amide bonds. The summed E-state index contributed by atoms with van der Waals surface area (Å²) in [5, 5.41) is 0. The van der Waals surface area contributed by atoms with Crippen molar-refractivity contribution in [1.29, 1.82) is 0 Å². The molecule has 0 aromatic heterocycles. The monoisotopic (exact) mass is 248 g/mol. The molecule has 0 N–H and O–H groups in total. The Balaban J connectivity index is 1.88. The fourth-order valence-corrected chi connectivity index (χ4v) is 2.45. The van der Waals surface area contributed by atoms with Crippen molar-refractivity contribution in [2.45, 2.75) is 38.5 Å². The molecule has 96 valence electrons. The van der Waals surface area contributed by atoms with E-state index in [2.05, 4.69) is 0 Å². The van der Waals surface area contributed by atoms with Gasteiger partial charge in [0.25, 0.3) is 0 Å². The van der Waals surface area contributed by atoms with Crippen molar-refractivity contribution in [1.82, 2.24) is 0 Å². The number of carbonyl (C=O) groups is 2. The summed E-state index contributed by atoms with van der Waals surface area (Å²) in [6, 6.07) is 5.58. The maximum Gasteiger partial charge on any atom is 0.162 e. The van der Waals surface area contributed by atoms with Gasteiger partial charge in [0.15, 0.2) is 5.78 Å². The Hall–Kier alpha value is -1.51. The molecule has 0 bridgehead atoms. The van der Waals surface area contributed by atoms with Crippen LogP contribution < -0.4 is 0 Å². The summed E-state index contributed by atoms with van der Waals surface area (Å²) >= 11 is 0. The number of rotatable bonds is 4. The average molecular weight is 248 g/mol. The highest BCUT2D eigenvalue weighted by molar-refractivity contribution is 5.96. The topological polar surface area (TPSA) is 34.1 Å². The summed E-state index contributed by atoms with van der Waals surface area (Å²) in [6.45, 7) is 0. The van der Waals surface area contributed by atoms with Gasteiger partial charge < -0.3 is 0 Å². The van der Waals surface area contributed by atoms with Crippen LogP contribution in [0.2, 0.25) is 0 Å². The minimum absolute atomic E-state index is 0.00614. The Kier molecular flexibility index (Phi) is 4.24. The van der Waals surface area contributed by atoms with Gasteiger partial charge in [-0.2, -0.15) is 0 Å². The fourth-order valence-electron chi connectivity index (χ4n) is 2.45. The maximum absolute atomic E-state index is 12.7. The molecule has 1 aliphatic carbocycles. The van der Waals surface area contributed by atoms with Gasteiger partial charge in [0, 0.05) is 24.3 Å². The lowest BCUT2D eigenvalue weighted by molar-refractivity contribution is -0.124. The Morgan fingerprint density at radius 3 is 2.61 bits per heavy atom. The smallest absolute Gasteiger partial charge is 0.162 e. The van der Waals surface area contributed by atoms with Crippen LogP contribution in [0, 0.1) is 11.7 Å². The van der Waals surface area contributed by atoms with Crippen LogP contribution in [0.3, 0.4) is 0 Å². The zero-order valence-corrected chi connectivity index (χ0v) is 10.3. The molecule has 0 aliphatic heterocycles. The predicted molar refractivity (Wildman–Crippen MR) is 66.9 cm³/mol. The summed E-state index contributed by atoms with van der Waals surface area (Å²) in [7, 11) is 0. The maximum atomic E-state index is 12.7. The Labute approximate surface area is 106 Å². The number of carbonyl (C=O) groups excluding carboxylic acids is 2. The van der Waals surface area contributed by atoms with Crippen LogP contribution in [0.1, 0.15) is 48.9 Å². The molecule has 1 saturated carbocycles. The van der Waals surface area contributed by atoms with Crippen molar-refractivity contribution in [3.8, 4) is 0 Å². The molecular weight excluding hydrogens is 231 g/mol. The van der Waals surface area contributed by atoms with Gasteiger partial charge in [-0.1, -0.05) is 6.42 Å². The van der Waals surface area contributed by atoms with E-state index in [1.807, 2.05) is 0 Å². The standard InChI is InChI=1S/C15H17FO2/c16-13-8-5-12(6-9-13)15(18)10-7-11-3-1-2-4-14(11)17/h5-6,8-9,11H,1-4,7,10H2/t11-/m0/s1. The van der Waals surface area contributed by atoms with E-state index < -0.39 is 0 Å². The number of benzene rings is 1. The molecule has 0 radical (unpaired) electrons. The first-order chi connectivity index (χ1) is 8.66. The van der Waals surface area contributed by atoms with Gasteiger partial charge in [0.05, 0.1) is 0 Å². The average Bonchev–Trinajstić information content (AvgIpc) is 2.38. The summed E-state index contributed by atoms with van der Waals surface area (Å²) in [6.07, 6.45) is 4.66. The second-order valence-electron chi connectivity index (χ2n) is 4.88. The predicted octanol–water partition coefficient (Wildman–Crippen LogP) is 3.55. The molecular formula is C15H17FO2. The number of halogens is 1. The Bertz CT molecular complexity index is 436. The van der Waals surface area contributed by atoms with Crippen LogP contribution in [0.15, 0.2) is 24.3 Å². The number of hydrogen-bond acceptors (Lipinski definition) is 2. The van der Waals surface area contributed by atoms with E-state index in [-0.39, 0.29) is 17.5 Å². The lowest BCUT2D eigenvalue weighted by Gasteiger charge is -2.19. The van der Waals surface area contributed by atoms with Crippen molar-refractivity contribution in [3.05, 3.63) is 35.6 Å². The first-order valence-electron chi connectivity index (χ1n) is 6.48. The molecule has 1 fully saturated rings. The first kappa shape index (κ1) is 12.9. The molecule has 0 heterocycles. The highest BCUT2D eigenvalue weighted by Crippen LogP contribution is 2.25. The number of hydrogen-bond donors (Lipinski definition) is 0. The Morgan fingerprint density at radius 2 is 1.94 bits per heavy atom. The molecule has 0 saturated heterocycles. The molecule has 1 atom stereocenters. The summed E-state index contributed by atoms with van der Waals surface area (Å²) < 4.78 is 12.7. The summed E-state index contributed by atoms with van der Waals surface area (Å²) in [5.74, 6) is 0.0127. The number of ketones is 2. The van der Waals surface area contributed by atoms with Gasteiger partial charge in [-0.25, -0.2) is 4.39 Å². The van der Waals surface area contributed by atoms with Gasteiger partial charge in [0.1, 0.15) is 11.6 Å². The van der Waals surface area contributed by atoms with Gasteiger partial charge in [-0.05, 0) is 43.5 Å². The minimum atomic E-state index is -0.339. The van der Waals surface area contributed by atoms with Crippen LogP contribution >= 0.6 is 0 Å². The highest BCUT2D eigenvalue weighted by Gasteiger charge is 2.22. The SMILES string of the molecule is O=C(CC[C@@H]1CCCCC1=O)c1ccc(F)cc1. The van der Waals surface area contributed by atoms with Crippen LogP contribution in [0.4, 0.5) is 4.39 Å². The largest absolute Gasteiger partial charge is 0.299 e. The van der Waals surface area contributed by atoms with Gasteiger partial charge in [-0.15, -0.1) is 0 Å². The van der Waals surface area contributed by atoms with E-state index in [1.54, 1.807) is 0 Å². The third kappa shape index (κ3) is 3.25. The van der Waals surface area contributed by atoms with Crippen molar-refractivity contribution in [3.63, 3.8) is 0 Å². The minimum Gasteiger partial charge on any atom is -0.299 e. The normalized spacial score (nSPS) is 19.8.